The fourth-order valence-electron chi connectivity index (χ4n) is 1.47. The molecule has 3 nitrogen and oxygen atoms in total. The first-order valence-electron chi connectivity index (χ1n) is 4.95. The average molecular weight is 325 g/mol. The van der Waals surface area contributed by atoms with Crippen molar-refractivity contribution in [1.29, 1.82) is 0 Å². The van der Waals surface area contributed by atoms with Crippen LogP contribution in [0.4, 0.5) is 14.5 Å². The van der Waals surface area contributed by atoms with Gasteiger partial charge in [-0.25, -0.2) is 18.7 Å². The van der Waals surface area contributed by atoms with E-state index in [0.717, 1.165) is 6.33 Å². The van der Waals surface area contributed by atoms with E-state index in [1.165, 1.54) is 12.1 Å². The zero-order valence-electron chi connectivity index (χ0n) is 9.17. The molecule has 0 amide bonds. The Labute approximate surface area is 122 Å². The van der Waals surface area contributed by atoms with Gasteiger partial charge < -0.3 is 5.73 Å². The molecule has 0 atom stereocenters. The lowest BCUT2D eigenvalue weighted by Crippen LogP contribution is -1.98. The summed E-state index contributed by atoms with van der Waals surface area (Å²) in [6.45, 7) is 0. The van der Waals surface area contributed by atoms with E-state index in [9.17, 15) is 8.78 Å². The number of aromatic nitrogens is 2. The molecule has 0 saturated carbocycles. The summed E-state index contributed by atoms with van der Waals surface area (Å²) in [5, 5.41) is 0.203. The van der Waals surface area contributed by atoms with Gasteiger partial charge in [-0.1, -0.05) is 34.8 Å². The number of alkyl halides is 2. The predicted molar refractivity (Wildman–Crippen MR) is 71.9 cm³/mol. The van der Waals surface area contributed by atoms with Gasteiger partial charge in [-0.05, 0) is 12.1 Å². The van der Waals surface area contributed by atoms with E-state index in [0.29, 0.717) is 5.56 Å². The Kier molecular flexibility index (Phi) is 4.08. The molecule has 1 aromatic heterocycles. The van der Waals surface area contributed by atoms with Gasteiger partial charge in [-0.2, -0.15) is 0 Å². The van der Waals surface area contributed by atoms with Crippen LogP contribution in [0.3, 0.4) is 0 Å². The van der Waals surface area contributed by atoms with Gasteiger partial charge >= 0.3 is 0 Å². The number of anilines is 1. The third-order valence-corrected chi connectivity index (χ3v) is 3.38. The van der Waals surface area contributed by atoms with Crippen LogP contribution in [0.25, 0.3) is 11.3 Å². The molecule has 2 rings (SSSR count). The highest BCUT2D eigenvalue weighted by Crippen LogP contribution is 2.38. The summed E-state index contributed by atoms with van der Waals surface area (Å²) >= 11 is 17.7. The highest BCUT2D eigenvalue weighted by molar-refractivity contribution is 6.39. The molecule has 0 aliphatic carbocycles. The van der Waals surface area contributed by atoms with E-state index in [-0.39, 0.29) is 26.4 Å². The Balaban J connectivity index is 2.66. The molecule has 0 spiro atoms. The van der Waals surface area contributed by atoms with Crippen LogP contribution in [-0.4, -0.2) is 9.97 Å². The Morgan fingerprint density at radius 1 is 1.05 bits per heavy atom. The van der Waals surface area contributed by atoms with Crippen LogP contribution in [0.1, 0.15) is 12.1 Å². The molecule has 1 aromatic carbocycles. The van der Waals surface area contributed by atoms with E-state index >= 15 is 0 Å². The van der Waals surface area contributed by atoms with Crippen molar-refractivity contribution >= 4 is 40.5 Å². The van der Waals surface area contributed by atoms with Crippen LogP contribution in [0.5, 0.6) is 0 Å². The van der Waals surface area contributed by atoms with Crippen LogP contribution in [0.15, 0.2) is 18.5 Å². The summed E-state index contributed by atoms with van der Waals surface area (Å²) in [5.41, 5.74) is 5.74. The molecule has 0 radical (unpaired) electrons. The van der Waals surface area contributed by atoms with E-state index in [2.05, 4.69) is 9.97 Å². The Bertz CT molecular complexity index is 635. The summed E-state index contributed by atoms with van der Waals surface area (Å²) in [6.07, 6.45) is -1.82. The van der Waals surface area contributed by atoms with Gasteiger partial charge in [0, 0.05) is 5.56 Å². The molecular formula is C11H6Cl3F2N3. The van der Waals surface area contributed by atoms with Gasteiger partial charge in [-0.3, -0.25) is 0 Å². The van der Waals surface area contributed by atoms with Crippen LogP contribution in [-0.2, 0) is 0 Å². The second kappa shape index (κ2) is 5.45. The molecule has 0 unspecified atom stereocenters. The normalized spacial score (nSPS) is 11.1. The molecule has 0 bridgehead atoms. The first kappa shape index (κ1) is 14.2. The first-order valence-corrected chi connectivity index (χ1v) is 6.08. The maximum atomic E-state index is 12.7. The molecule has 0 fully saturated rings. The van der Waals surface area contributed by atoms with Crippen molar-refractivity contribution in [1.82, 2.24) is 9.97 Å². The lowest BCUT2D eigenvalue weighted by molar-refractivity contribution is 0.146. The molecule has 19 heavy (non-hydrogen) atoms. The van der Waals surface area contributed by atoms with Gasteiger partial charge in [0.05, 0.1) is 26.4 Å². The maximum Gasteiger partial charge on any atom is 0.281 e. The van der Waals surface area contributed by atoms with Crippen molar-refractivity contribution in [2.24, 2.45) is 0 Å². The van der Waals surface area contributed by atoms with Crippen molar-refractivity contribution < 1.29 is 8.78 Å². The van der Waals surface area contributed by atoms with E-state index in [1.807, 2.05) is 0 Å². The number of hydrogen-bond acceptors (Lipinski definition) is 3. The molecule has 8 heteroatoms. The first-order chi connectivity index (χ1) is 8.91. The number of hydrogen-bond donors (Lipinski definition) is 1. The minimum Gasteiger partial charge on any atom is -0.398 e. The number of benzene rings is 1. The lowest BCUT2D eigenvalue weighted by Gasteiger charge is -2.10. The number of halogens is 5. The number of nitrogen functional groups attached to an aromatic ring is 1. The van der Waals surface area contributed by atoms with Gasteiger partial charge in [0.2, 0.25) is 0 Å². The largest absolute Gasteiger partial charge is 0.398 e. The summed E-state index contributed by atoms with van der Waals surface area (Å²) in [5.74, 6) is 0. The maximum absolute atomic E-state index is 12.7. The van der Waals surface area contributed by atoms with Crippen LogP contribution in [0.2, 0.25) is 15.1 Å². The fourth-order valence-corrected chi connectivity index (χ4v) is 2.23. The second-order valence-electron chi connectivity index (χ2n) is 3.58. The van der Waals surface area contributed by atoms with Crippen molar-refractivity contribution in [3.05, 3.63) is 39.2 Å². The van der Waals surface area contributed by atoms with E-state index in [1.54, 1.807) is 0 Å². The second-order valence-corrected chi connectivity index (χ2v) is 4.77. The zero-order valence-corrected chi connectivity index (χ0v) is 11.4. The fraction of sp³-hybridized carbons (Fsp3) is 0.0909. The minimum atomic E-state index is -2.81. The average Bonchev–Trinajstić information content (AvgIpc) is 2.34. The summed E-state index contributed by atoms with van der Waals surface area (Å²) in [4.78, 5) is 7.30. The monoisotopic (exact) mass is 323 g/mol. The molecular weight excluding hydrogens is 318 g/mol. The zero-order chi connectivity index (χ0) is 14.2. The Morgan fingerprint density at radius 3 is 2.37 bits per heavy atom. The highest BCUT2D eigenvalue weighted by Gasteiger charge is 2.20. The third-order valence-electron chi connectivity index (χ3n) is 2.36. The third kappa shape index (κ3) is 2.73. The number of rotatable bonds is 2. The molecule has 2 N–H and O–H groups in total. The molecule has 1 heterocycles. The van der Waals surface area contributed by atoms with Crippen molar-refractivity contribution in [3.63, 3.8) is 0 Å². The lowest BCUT2D eigenvalue weighted by atomic mass is 10.1. The SMILES string of the molecule is Nc1cc(-c2ncnc(C(F)F)c2Cl)c(Cl)cc1Cl. The Morgan fingerprint density at radius 2 is 1.74 bits per heavy atom. The van der Waals surface area contributed by atoms with Crippen molar-refractivity contribution in [2.45, 2.75) is 6.43 Å². The molecule has 0 aliphatic heterocycles. The summed E-state index contributed by atoms with van der Waals surface area (Å²) in [6, 6.07) is 2.82. The summed E-state index contributed by atoms with van der Waals surface area (Å²) in [7, 11) is 0. The molecule has 2 aromatic rings. The highest BCUT2D eigenvalue weighted by atomic mass is 35.5. The van der Waals surface area contributed by atoms with Gasteiger partial charge in [-0.15, -0.1) is 0 Å². The van der Waals surface area contributed by atoms with Gasteiger partial charge in [0.15, 0.2) is 0 Å². The van der Waals surface area contributed by atoms with Crippen LogP contribution < -0.4 is 5.73 Å². The predicted octanol–water partition coefficient (Wildman–Crippen LogP) is 4.62. The molecule has 0 aliphatic rings. The number of nitrogens with zero attached hydrogens (tertiary/aromatic N) is 2. The topological polar surface area (TPSA) is 51.8 Å². The van der Waals surface area contributed by atoms with E-state index in [4.69, 9.17) is 40.5 Å². The van der Waals surface area contributed by atoms with Crippen molar-refractivity contribution in [3.8, 4) is 11.3 Å². The Hall–Kier alpha value is -1.17. The molecule has 100 valence electrons. The number of nitrogens with two attached hydrogens (primary N) is 1. The molecule has 0 saturated heterocycles. The van der Waals surface area contributed by atoms with Gasteiger partial charge in [0.25, 0.3) is 6.43 Å². The smallest absolute Gasteiger partial charge is 0.281 e. The van der Waals surface area contributed by atoms with E-state index < -0.39 is 12.1 Å². The summed E-state index contributed by atoms with van der Waals surface area (Å²) < 4.78 is 25.4. The van der Waals surface area contributed by atoms with Crippen molar-refractivity contribution in [2.75, 3.05) is 5.73 Å². The van der Waals surface area contributed by atoms with Crippen LogP contribution in [0, 0.1) is 0 Å². The minimum absolute atomic E-state index is 0.0836. The van der Waals surface area contributed by atoms with Gasteiger partial charge in [0.1, 0.15) is 12.0 Å². The van der Waals surface area contributed by atoms with Crippen LogP contribution >= 0.6 is 34.8 Å². The quantitative estimate of drug-likeness (QED) is 0.820. The standard InChI is InChI=1S/C11H6Cl3F2N3/c12-5-2-6(13)7(17)1-4(5)9-8(14)10(11(15)16)19-3-18-9/h1-3,11H,17H2.